The van der Waals surface area contributed by atoms with E-state index in [1.54, 1.807) is 50.6 Å². The number of fused-ring (bicyclic) bond motifs is 1. The maximum absolute atomic E-state index is 13.6. The number of nitrogens with two attached hydrogens (primary N) is 1. The number of ether oxygens (including phenoxy) is 3. The first-order valence-electron chi connectivity index (χ1n) is 10.4. The zero-order valence-electron chi connectivity index (χ0n) is 19.0. The molecule has 7 nitrogen and oxygen atoms in total. The van der Waals surface area contributed by atoms with Crippen LogP contribution >= 0.6 is 12.4 Å². The van der Waals surface area contributed by atoms with E-state index >= 15 is 0 Å². The summed E-state index contributed by atoms with van der Waals surface area (Å²) in [5.74, 6) is 0.631. The number of hydrogen-bond donors (Lipinski definition) is 1. The second-order valence-electron chi connectivity index (χ2n) is 7.50. The molecule has 2 N–H and O–H groups in total. The Morgan fingerprint density at radius 2 is 1.59 bits per heavy atom. The highest BCUT2D eigenvalue weighted by atomic mass is 35.5. The number of halogens is 1. The molecule has 3 aromatic carbocycles. The average molecular weight is 481 g/mol. The molecular weight excluding hydrogens is 456 g/mol. The van der Waals surface area contributed by atoms with E-state index in [-0.39, 0.29) is 18.2 Å². The van der Waals surface area contributed by atoms with Gasteiger partial charge in [0.25, 0.3) is 0 Å². The number of ketones is 1. The second kappa shape index (κ2) is 10.4. The minimum atomic E-state index is -0.761. The highest BCUT2D eigenvalue weighted by molar-refractivity contribution is 6.13. The second-order valence-corrected chi connectivity index (χ2v) is 7.50. The number of para-hydroxylation sites is 2. The maximum atomic E-state index is 13.6. The zero-order chi connectivity index (χ0) is 23.5. The molecule has 4 rings (SSSR count). The van der Waals surface area contributed by atoms with Crippen LogP contribution in [0.2, 0.25) is 0 Å². The molecule has 0 unspecified atom stereocenters. The fourth-order valence-corrected chi connectivity index (χ4v) is 3.64. The third-order valence-electron chi connectivity index (χ3n) is 5.32. The molecule has 4 aromatic rings. The van der Waals surface area contributed by atoms with Gasteiger partial charge >= 0.3 is 5.97 Å². The Bertz CT molecular complexity index is 1350. The molecule has 0 aliphatic heterocycles. The van der Waals surface area contributed by atoms with E-state index in [1.807, 2.05) is 41.0 Å². The highest BCUT2D eigenvalue weighted by Crippen LogP contribution is 2.34. The summed E-state index contributed by atoms with van der Waals surface area (Å²) in [5.41, 5.74) is 7.97. The molecule has 0 radical (unpaired) electrons. The third-order valence-corrected chi connectivity index (χ3v) is 5.32. The third kappa shape index (κ3) is 4.62. The van der Waals surface area contributed by atoms with Gasteiger partial charge in [-0.05, 0) is 43.3 Å². The van der Waals surface area contributed by atoms with Crippen LogP contribution < -0.4 is 19.9 Å². The molecule has 34 heavy (non-hydrogen) atoms. The van der Waals surface area contributed by atoms with Gasteiger partial charge in [-0.15, -0.1) is 12.4 Å². The Labute approximate surface area is 203 Å². The Morgan fingerprint density at radius 1 is 0.882 bits per heavy atom. The van der Waals surface area contributed by atoms with Crippen molar-refractivity contribution in [2.45, 2.75) is 13.0 Å². The van der Waals surface area contributed by atoms with Gasteiger partial charge < -0.3 is 24.5 Å². The first-order chi connectivity index (χ1) is 15.9. The number of hydrogen-bond acceptors (Lipinski definition) is 6. The summed E-state index contributed by atoms with van der Waals surface area (Å²) in [4.78, 5) is 25.7. The van der Waals surface area contributed by atoms with E-state index in [1.165, 1.54) is 7.11 Å². The van der Waals surface area contributed by atoms with Crippen LogP contribution in [0.5, 0.6) is 17.2 Å². The number of aromatic nitrogens is 1. The summed E-state index contributed by atoms with van der Waals surface area (Å²) in [7, 11) is 3.06. The van der Waals surface area contributed by atoms with Gasteiger partial charge in [0, 0.05) is 17.0 Å². The van der Waals surface area contributed by atoms with Gasteiger partial charge in [0.05, 0.1) is 37.2 Å². The van der Waals surface area contributed by atoms with Crippen molar-refractivity contribution in [1.82, 2.24) is 4.57 Å². The summed E-state index contributed by atoms with van der Waals surface area (Å²) in [6.45, 7) is 1.57. The molecule has 1 aromatic heterocycles. The lowest BCUT2D eigenvalue weighted by Crippen LogP contribution is -2.30. The van der Waals surface area contributed by atoms with Gasteiger partial charge in [-0.1, -0.05) is 24.3 Å². The zero-order valence-corrected chi connectivity index (χ0v) is 19.8. The number of carbonyl (C=O) groups is 2. The summed E-state index contributed by atoms with van der Waals surface area (Å²) in [6.07, 6.45) is 1.70. The van der Waals surface area contributed by atoms with Crippen LogP contribution in [0.25, 0.3) is 16.6 Å². The van der Waals surface area contributed by atoms with Gasteiger partial charge in [0.15, 0.2) is 11.5 Å². The first kappa shape index (κ1) is 24.8. The van der Waals surface area contributed by atoms with Crippen molar-refractivity contribution in [3.63, 3.8) is 0 Å². The Hall–Kier alpha value is -3.81. The van der Waals surface area contributed by atoms with Crippen LogP contribution in [0.3, 0.4) is 0 Å². The van der Waals surface area contributed by atoms with Crippen LogP contribution in [-0.2, 0) is 4.79 Å². The van der Waals surface area contributed by atoms with Gasteiger partial charge in [-0.2, -0.15) is 0 Å². The topological polar surface area (TPSA) is 92.8 Å². The standard InChI is InChI=1S/C26H24N2O5.ClH/c1-16(27)26(30)33-24-15-28(21-10-6-4-8-18(21)24)22-11-7-5-9-19(22)25(29)20-13-12-17(31-2)14-23(20)32-3;/h4-16H,27H2,1-3H3;1H/t16-;/m0./s1. The lowest BCUT2D eigenvalue weighted by molar-refractivity contribution is -0.135. The number of nitrogens with zero attached hydrogens (tertiary/aromatic N) is 1. The van der Waals surface area contributed by atoms with Crippen LogP contribution in [0.15, 0.2) is 72.9 Å². The lowest BCUT2D eigenvalue weighted by Gasteiger charge is -2.14. The van der Waals surface area contributed by atoms with Crippen molar-refractivity contribution >= 4 is 35.1 Å². The Kier molecular flexibility index (Phi) is 7.61. The van der Waals surface area contributed by atoms with Crippen LogP contribution in [0.1, 0.15) is 22.8 Å². The fraction of sp³-hybridized carbons (Fsp3) is 0.154. The molecule has 8 heteroatoms. The van der Waals surface area contributed by atoms with Crippen LogP contribution in [0, 0.1) is 0 Å². The van der Waals surface area contributed by atoms with Crippen molar-refractivity contribution < 1.29 is 23.8 Å². The molecular formula is C26H25ClN2O5. The molecule has 0 aliphatic carbocycles. The summed E-state index contributed by atoms with van der Waals surface area (Å²) < 4.78 is 18.1. The molecule has 0 spiro atoms. The predicted octanol–water partition coefficient (Wildman–Crippen LogP) is 4.55. The van der Waals surface area contributed by atoms with E-state index in [4.69, 9.17) is 19.9 Å². The molecule has 1 heterocycles. The molecule has 0 fully saturated rings. The summed E-state index contributed by atoms with van der Waals surface area (Å²) in [5, 5.41) is 0.732. The first-order valence-corrected chi connectivity index (χ1v) is 10.4. The van der Waals surface area contributed by atoms with E-state index in [0.717, 1.165) is 10.9 Å². The van der Waals surface area contributed by atoms with E-state index < -0.39 is 12.0 Å². The predicted molar refractivity (Wildman–Crippen MR) is 133 cm³/mol. The van der Waals surface area contributed by atoms with E-state index in [9.17, 15) is 9.59 Å². The molecule has 0 amide bonds. The minimum Gasteiger partial charge on any atom is -0.497 e. The largest absolute Gasteiger partial charge is 0.497 e. The minimum absolute atomic E-state index is 0. The molecule has 0 saturated heterocycles. The van der Waals surface area contributed by atoms with Crippen LogP contribution in [-0.4, -0.2) is 36.6 Å². The number of rotatable bonds is 7. The van der Waals surface area contributed by atoms with Gasteiger partial charge in [-0.25, -0.2) is 4.79 Å². The SMILES string of the molecule is COc1ccc(C(=O)c2ccccc2-n2cc(OC(=O)[C@H](C)N)c3ccccc32)c(OC)c1.Cl. The van der Waals surface area contributed by atoms with Crippen molar-refractivity contribution in [2.75, 3.05) is 14.2 Å². The van der Waals surface area contributed by atoms with Crippen molar-refractivity contribution in [3.05, 3.63) is 84.1 Å². The van der Waals surface area contributed by atoms with E-state index in [2.05, 4.69) is 0 Å². The highest BCUT2D eigenvalue weighted by Gasteiger charge is 2.22. The summed E-state index contributed by atoms with van der Waals surface area (Å²) >= 11 is 0. The quantitative estimate of drug-likeness (QED) is 0.308. The Balaban J connectivity index is 0.00000324. The number of esters is 1. The molecule has 176 valence electrons. The lowest BCUT2D eigenvalue weighted by atomic mass is 10.0. The number of benzene rings is 3. The van der Waals surface area contributed by atoms with Crippen molar-refractivity contribution in [3.8, 4) is 22.9 Å². The number of carbonyl (C=O) groups excluding carboxylic acids is 2. The molecule has 0 bridgehead atoms. The Morgan fingerprint density at radius 3 is 2.29 bits per heavy atom. The normalized spacial score (nSPS) is 11.4. The van der Waals surface area contributed by atoms with Crippen LogP contribution in [0.4, 0.5) is 0 Å². The monoisotopic (exact) mass is 480 g/mol. The maximum Gasteiger partial charge on any atom is 0.328 e. The molecule has 0 aliphatic rings. The smallest absolute Gasteiger partial charge is 0.328 e. The fourth-order valence-electron chi connectivity index (χ4n) is 3.64. The molecule has 1 atom stereocenters. The summed E-state index contributed by atoms with van der Waals surface area (Å²) in [6, 6.07) is 19.0. The van der Waals surface area contributed by atoms with Crippen molar-refractivity contribution in [1.29, 1.82) is 0 Å². The number of methoxy groups -OCH3 is 2. The van der Waals surface area contributed by atoms with Gasteiger partial charge in [0.2, 0.25) is 0 Å². The van der Waals surface area contributed by atoms with E-state index in [0.29, 0.717) is 34.1 Å². The van der Waals surface area contributed by atoms with Crippen molar-refractivity contribution in [2.24, 2.45) is 5.73 Å². The average Bonchev–Trinajstić information content (AvgIpc) is 3.21. The van der Waals surface area contributed by atoms with Gasteiger partial charge in [-0.3, -0.25) is 4.79 Å². The molecule has 0 saturated carbocycles. The van der Waals surface area contributed by atoms with Gasteiger partial charge in [0.1, 0.15) is 17.5 Å².